The quantitative estimate of drug-likeness (QED) is 0.790. The summed E-state index contributed by atoms with van der Waals surface area (Å²) in [5.41, 5.74) is 8.61. The van der Waals surface area contributed by atoms with Crippen molar-refractivity contribution in [3.63, 3.8) is 0 Å². The first kappa shape index (κ1) is 20.5. The largest absolute Gasteiger partial charge is 0.399 e. The third-order valence-electron chi connectivity index (χ3n) is 3.83. The third-order valence-corrected chi connectivity index (χ3v) is 4.96. The molecule has 1 aromatic heterocycles. The molecule has 5 nitrogen and oxygen atoms in total. The molecule has 0 aliphatic carbocycles. The summed E-state index contributed by atoms with van der Waals surface area (Å²) in [6.45, 7) is 11.6. The van der Waals surface area contributed by atoms with Gasteiger partial charge in [0.05, 0.1) is 18.9 Å². The zero-order valence-electron chi connectivity index (χ0n) is 16.2. The SMILES string of the molecule is CC.CC(C)SCc1cc(N2CCOCC2)nc(-c2ccc(N)cc2)n1. The lowest BCUT2D eigenvalue weighted by Crippen LogP contribution is -2.37. The predicted molar refractivity (Wildman–Crippen MR) is 113 cm³/mol. The van der Waals surface area contributed by atoms with Gasteiger partial charge >= 0.3 is 0 Å². The third kappa shape index (κ3) is 5.88. The Morgan fingerprint density at radius 1 is 1.12 bits per heavy atom. The molecule has 0 unspecified atom stereocenters. The summed E-state index contributed by atoms with van der Waals surface area (Å²) in [6, 6.07) is 9.85. The molecule has 1 aliphatic rings. The molecule has 0 bridgehead atoms. The number of morpholine rings is 1. The van der Waals surface area contributed by atoms with Crippen molar-refractivity contribution in [3.8, 4) is 11.4 Å². The fraction of sp³-hybridized carbons (Fsp3) is 0.500. The summed E-state index contributed by atoms with van der Waals surface area (Å²) in [6.07, 6.45) is 0. The van der Waals surface area contributed by atoms with Gasteiger partial charge in [0.25, 0.3) is 0 Å². The Balaban J connectivity index is 0.00000117. The number of thioether (sulfide) groups is 1. The molecule has 1 fully saturated rings. The van der Waals surface area contributed by atoms with Gasteiger partial charge in [-0.05, 0) is 29.5 Å². The average Bonchev–Trinajstić information content (AvgIpc) is 2.69. The van der Waals surface area contributed by atoms with Crippen LogP contribution in [0.1, 0.15) is 33.4 Å². The standard InChI is InChI=1S/C18H24N4OS.C2H6/c1-13(2)24-12-16-11-17(22-7-9-23-10-8-22)21-18(20-16)14-3-5-15(19)6-4-14;1-2/h3-6,11,13H,7-10,12,19H2,1-2H3;1-2H3. The fourth-order valence-electron chi connectivity index (χ4n) is 2.52. The van der Waals surface area contributed by atoms with E-state index in [4.69, 9.17) is 20.4 Å². The van der Waals surface area contributed by atoms with Crippen LogP contribution in [0, 0.1) is 0 Å². The van der Waals surface area contributed by atoms with Crippen LogP contribution in [0.4, 0.5) is 11.5 Å². The minimum Gasteiger partial charge on any atom is -0.399 e. The van der Waals surface area contributed by atoms with E-state index in [0.29, 0.717) is 5.25 Å². The minimum absolute atomic E-state index is 0.576. The van der Waals surface area contributed by atoms with E-state index >= 15 is 0 Å². The molecule has 0 saturated carbocycles. The van der Waals surface area contributed by atoms with Crippen molar-refractivity contribution in [2.75, 3.05) is 36.9 Å². The lowest BCUT2D eigenvalue weighted by Gasteiger charge is -2.28. The molecule has 3 rings (SSSR count). The first-order valence-corrected chi connectivity index (χ1v) is 10.3. The van der Waals surface area contributed by atoms with E-state index < -0.39 is 0 Å². The number of hydrogen-bond donors (Lipinski definition) is 1. The number of nitrogens with two attached hydrogens (primary N) is 1. The number of ether oxygens (including phenoxy) is 1. The molecular formula is C20H30N4OS. The smallest absolute Gasteiger partial charge is 0.161 e. The molecule has 0 radical (unpaired) electrons. The summed E-state index contributed by atoms with van der Waals surface area (Å²) in [4.78, 5) is 11.8. The second kappa shape index (κ2) is 10.4. The highest BCUT2D eigenvalue weighted by Crippen LogP contribution is 2.25. The van der Waals surface area contributed by atoms with Gasteiger partial charge in [-0.15, -0.1) is 0 Å². The molecule has 2 heterocycles. The normalized spacial score (nSPS) is 14.1. The Morgan fingerprint density at radius 2 is 1.77 bits per heavy atom. The summed E-state index contributed by atoms with van der Waals surface area (Å²) in [5.74, 6) is 2.64. The second-order valence-corrected chi connectivity index (χ2v) is 7.69. The van der Waals surface area contributed by atoms with E-state index in [1.165, 1.54) is 0 Å². The summed E-state index contributed by atoms with van der Waals surface area (Å²) < 4.78 is 5.46. The number of aromatic nitrogens is 2. The van der Waals surface area contributed by atoms with Gasteiger partial charge in [0.2, 0.25) is 0 Å². The van der Waals surface area contributed by atoms with E-state index in [9.17, 15) is 0 Å². The fourth-order valence-corrected chi connectivity index (χ4v) is 3.18. The Kier molecular flexibility index (Phi) is 8.19. The van der Waals surface area contributed by atoms with E-state index in [0.717, 1.165) is 60.6 Å². The first-order chi connectivity index (χ1) is 12.6. The maximum Gasteiger partial charge on any atom is 0.161 e. The van der Waals surface area contributed by atoms with E-state index in [1.807, 2.05) is 49.9 Å². The Bertz CT molecular complexity index is 670. The van der Waals surface area contributed by atoms with Crippen molar-refractivity contribution in [1.29, 1.82) is 0 Å². The van der Waals surface area contributed by atoms with Crippen LogP contribution in [-0.2, 0) is 10.5 Å². The van der Waals surface area contributed by atoms with Crippen molar-refractivity contribution in [3.05, 3.63) is 36.0 Å². The molecule has 26 heavy (non-hydrogen) atoms. The first-order valence-electron chi connectivity index (χ1n) is 9.30. The topological polar surface area (TPSA) is 64.3 Å². The molecule has 0 amide bonds. The summed E-state index contributed by atoms with van der Waals surface area (Å²) in [5, 5.41) is 0.576. The molecule has 0 atom stereocenters. The average molecular weight is 375 g/mol. The molecule has 142 valence electrons. The van der Waals surface area contributed by atoms with Gasteiger partial charge in [-0.2, -0.15) is 11.8 Å². The van der Waals surface area contributed by atoms with Crippen molar-refractivity contribution in [1.82, 2.24) is 9.97 Å². The van der Waals surface area contributed by atoms with Crippen LogP contribution in [-0.4, -0.2) is 41.5 Å². The van der Waals surface area contributed by atoms with Crippen LogP contribution in [0.15, 0.2) is 30.3 Å². The predicted octanol–water partition coefficient (Wildman–Crippen LogP) is 4.23. The number of rotatable bonds is 5. The second-order valence-electron chi connectivity index (χ2n) is 6.12. The van der Waals surface area contributed by atoms with Crippen LogP contribution >= 0.6 is 11.8 Å². The van der Waals surface area contributed by atoms with Gasteiger partial charge < -0.3 is 15.4 Å². The van der Waals surface area contributed by atoms with Gasteiger partial charge in [-0.25, -0.2) is 9.97 Å². The molecule has 1 aromatic carbocycles. The number of benzene rings is 1. The monoisotopic (exact) mass is 374 g/mol. The van der Waals surface area contributed by atoms with Gasteiger partial charge in [0, 0.05) is 36.2 Å². The Labute approximate surface area is 161 Å². The van der Waals surface area contributed by atoms with Gasteiger partial charge in [-0.3, -0.25) is 0 Å². The van der Waals surface area contributed by atoms with Gasteiger partial charge in [0.1, 0.15) is 5.82 Å². The summed E-state index contributed by atoms with van der Waals surface area (Å²) in [7, 11) is 0. The maximum atomic E-state index is 5.80. The van der Waals surface area contributed by atoms with E-state index in [1.54, 1.807) is 0 Å². The summed E-state index contributed by atoms with van der Waals surface area (Å²) >= 11 is 1.89. The van der Waals surface area contributed by atoms with Gasteiger partial charge in [0.15, 0.2) is 5.82 Å². The van der Waals surface area contributed by atoms with Crippen molar-refractivity contribution >= 4 is 23.3 Å². The highest BCUT2D eigenvalue weighted by Gasteiger charge is 2.16. The van der Waals surface area contributed by atoms with E-state index in [2.05, 4.69) is 24.8 Å². The zero-order chi connectivity index (χ0) is 18.9. The lowest BCUT2D eigenvalue weighted by molar-refractivity contribution is 0.122. The highest BCUT2D eigenvalue weighted by atomic mass is 32.2. The van der Waals surface area contributed by atoms with Crippen molar-refractivity contribution in [2.24, 2.45) is 0 Å². The number of anilines is 2. The zero-order valence-corrected chi connectivity index (χ0v) is 17.1. The Hall–Kier alpha value is -1.79. The van der Waals surface area contributed by atoms with Crippen LogP contribution < -0.4 is 10.6 Å². The molecule has 2 aromatic rings. The molecular weight excluding hydrogens is 344 g/mol. The molecule has 1 saturated heterocycles. The van der Waals surface area contributed by atoms with E-state index in [-0.39, 0.29) is 0 Å². The number of nitrogen functional groups attached to an aromatic ring is 1. The number of hydrogen-bond acceptors (Lipinski definition) is 6. The van der Waals surface area contributed by atoms with Crippen molar-refractivity contribution < 1.29 is 4.74 Å². The lowest BCUT2D eigenvalue weighted by atomic mass is 10.2. The minimum atomic E-state index is 0.576. The maximum absolute atomic E-state index is 5.80. The van der Waals surface area contributed by atoms with Crippen LogP contribution in [0.2, 0.25) is 0 Å². The van der Waals surface area contributed by atoms with Crippen LogP contribution in [0.25, 0.3) is 11.4 Å². The van der Waals surface area contributed by atoms with Crippen LogP contribution in [0.3, 0.4) is 0 Å². The highest BCUT2D eigenvalue weighted by molar-refractivity contribution is 7.99. The molecule has 0 spiro atoms. The number of nitrogens with zero attached hydrogens (tertiary/aromatic N) is 3. The van der Waals surface area contributed by atoms with Crippen molar-refractivity contribution in [2.45, 2.75) is 38.7 Å². The molecule has 1 aliphatic heterocycles. The van der Waals surface area contributed by atoms with Crippen LogP contribution in [0.5, 0.6) is 0 Å². The molecule has 6 heteroatoms. The molecule has 2 N–H and O–H groups in total. The Morgan fingerprint density at radius 3 is 2.38 bits per heavy atom. The van der Waals surface area contributed by atoms with Gasteiger partial charge in [-0.1, -0.05) is 27.7 Å².